The van der Waals surface area contributed by atoms with Crippen LogP contribution in [0.5, 0.6) is 0 Å². The van der Waals surface area contributed by atoms with Crippen molar-refractivity contribution in [3.63, 3.8) is 0 Å². The lowest BCUT2D eigenvalue weighted by atomic mass is 10.4. The molecule has 20 heavy (non-hydrogen) atoms. The summed E-state index contributed by atoms with van der Waals surface area (Å²) in [7, 11) is 0. The van der Waals surface area contributed by atoms with Crippen molar-refractivity contribution < 1.29 is 39.6 Å². The molecule has 0 aromatic rings. The summed E-state index contributed by atoms with van der Waals surface area (Å²) in [5.41, 5.74) is 0. The first-order valence-electron chi connectivity index (χ1n) is 4.87. The van der Waals surface area contributed by atoms with E-state index in [1.807, 2.05) is 0 Å². The first-order chi connectivity index (χ1) is 9.25. The molecular weight excluding hydrogens is 272 g/mol. The summed E-state index contributed by atoms with van der Waals surface area (Å²) in [6.07, 6.45) is 7.93. The predicted octanol–water partition coefficient (Wildman–Crippen LogP) is 0.536. The fraction of sp³-hybridized carbons (Fsp3) is 0. The summed E-state index contributed by atoms with van der Waals surface area (Å²) in [4.78, 5) is 39.1. The van der Waals surface area contributed by atoms with Gasteiger partial charge in [-0.2, -0.15) is 0 Å². The molecule has 4 N–H and O–H groups in total. The Kier molecular flexibility index (Phi) is 11.8. The van der Waals surface area contributed by atoms with Crippen LogP contribution in [-0.4, -0.2) is 44.3 Å². The van der Waals surface area contributed by atoms with Gasteiger partial charge in [-0.3, -0.25) is 0 Å². The Balaban J connectivity index is 0. The maximum Gasteiger partial charge on any atom is 0.328 e. The predicted molar refractivity (Wildman–Crippen MR) is 67.1 cm³/mol. The van der Waals surface area contributed by atoms with Crippen LogP contribution in [0.15, 0.2) is 48.6 Å². The fourth-order valence-electron chi connectivity index (χ4n) is 0.551. The van der Waals surface area contributed by atoms with Crippen LogP contribution in [0.3, 0.4) is 0 Å². The third-order valence-electron chi connectivity index (χ3n) is 1.18. The molecule has 0 heterocycles. The van der Waals surface area contributed by atoms with E-state index in [2.05, 4.69) is 0 Å². The van der Waals surface area contributed by atoms with Crippen LogP contribution in [-0.2, 0) is 19.2 Å². The minimum Gasteiger partial charge on any atom is -0.478 e. The summed E-state index contributed by atoms with van der Waals surface area (Å²) in [5.74, 6) is -4.41. The second-order valence-electron chi connectivity index (χ2n) is 2.79. The van der Waals surface area contributed by atoms with Gasteiger partial charge in [-0.05, 0) is 0 Å². The van der Waals surface area contributed by atoms with Crippen LogP contribution in [0.1, 0.15) is 0 Å². The molecule has 0 radical (unpaired) electrons. The zero-order chi connectivity index (χ0) is 16.0. The standard InChI is InChI=1S/2C6H6O4/c2*7-5(8)3-1-2-4-6(9)10/h2*1-4H,(H,7,8)(H,9,10)/b3-1-,4-2+;3-1-,4-2-. The van der Waals surface area contributed by atoms with Gasteiger partial charge in [0.2, 0.25) is 0 Å². The van der Waals surface area contributed by atoms with Gasteiger partial charge in [-0.15, -0.1) is 0 Å². The van der Waals surface area contributed by atoms with E-state index in [9.17, 15) is 19.2 Å². The van der Waals surface area contributed by atoms with Crippen molar-refractivity contribution in [3.05, 3.63) is 48.6 Å². The molecule has 0 spiro atoms. The minimum atomic E-state index is -1.10. The first-order valence-corrected chi connectivity index (χ1v) is 4.87. The van der Waals surface area contributed by atoms with Crippen LogP contribution in [0.4, 0.5) is 0 Å². The number of rotatable bonds is 6. The van der Waals surface area contributed by atoms with E-state index in [0.29, 0.717) is 0 Å². The van der Waals surface area contributed by atoms with Crippen LogP contribution in [0.2, 0.25) is 0 Å². The second kappa shape index (κ2) is 12.3. The normalized spacial score (nSPS) is 10.8. The van der Waals surface area contributed by atoms with Crippen LogP contribution in [0, 0.1) is 0 Å². The van der Waals surface area contributed by atoms with E-state index in [0.717, 1.165) is 48.6 Å². The van der Waals surface area contributed by atoms with Crippen molar-refractivity contribution in [3.8, 4) is 0 Å². The van der Waals surface area contributed by atoms with E-state index in [1.165, 1.54) is 0 Å². The number of carboxylic acid groups (broad SMARTS) is 4. The fourth-order valence-corrected chi connectivity index (χ4v) is 0.551. The Morgan fingerprint density at radius 1 is 0.450 bits per heavy atom. The SMILES string of the molecule is O=C(O)/C=C\C=C/C(=O)O.O=C(O)/C=C\C=C\C(=O)O. The molecular formula is C12H12O8. The molecule has 0 aromatic carbocycles. The molecule has 8 nitrogen and oxygen atoms in total. The van der Waals surface area contributed by atoms with Gasteiger partial charge in [-0.25, -0.2) is 19.2 Å². The number of carbonyl (C=O) groups is 4. The third-order valence-corrected chi connectivity index (χ3v) is 1.18. The van der Waals surface area contributed by atoms with Crippen LogP contribution < -0.4 is 0 Å². The lowest BCUT2D eigenvalue weighted by molar-refractivity contribution is -0.132. The Morgan fingerprint density at radius 3 is 0.700 bits per heavy atom. The highest BCUT2D eigenvalue weighted by molar-refractivity contribution is 5.83. The lowest BCUT2D eigenvalue weighted by Gasteiger charge is -1.75. The number of allylic oxidation sites excluding steroid dienone is 4. The van der Waals surface area contributed by atoms with Crippen molar-refractivity contribution in [2.24, 2.45) is 0 Å². The molecule has 0 saturated carbocycles. The van der Waals surface area contributed by atoms with Crippen molar-refractivity contribution in [1.82, 2.24) is 0 Å². The molecule has 0 bridgehead atoms. The Hall–Kier alpha value is -3.16. The first kappa shape index (κ1) is 19.2. The van der Waals surface area contributed by atoms with Crippen molar-refractivity contribution >= 4 is 23.9 Å². The van der Waals surface area contributed by atoms with Crippen molar-refractivity contribution in [2.75, 3.05) is 0 Å². The molecule has 108 valence electrons. The monoisotopic (exact) mass is 284 g/mol. The molecule has 0 fully saturated rings. The molecule has 0 atom stereocenters. The van der Waals surface area contributed by atoms with Crippen LogP contribution >= 0.6 is 0 Å². The molecule has 8 heteroatoms. The highest BCUT2D eigenvalue weighted by Gasteiger charge is 1.84. The van der Waals surface area contributed by atoms with E-state index < -0.39 is 23.9 Å². The van der Waals surface area contributed by atoms with Crippen molar-refractivity contribution in [1.29, 1.82) is 0 Å². The lowest BCUT2D eigenvalue weighted by Crippen LogP contribution is -1.86. The van der Waals surface area contributed by atoms with Gasteiger partial charge in [0.1, 0.15) is 0 Å². The van der Waals surface area contributed by atoms with Gasteiger partial charge in [-0.1, -0.05) is 24.3 Å². The van der Waals surface area contributed by atoms with Gasteiger partial charge < -0.3 is 20.4 Å². The van der Waals surface area contributed by atoms with Gasteiger partial charge in [0.25, 0.3) is 0 Å². The minimum absolute atomic E-state index is 0.847. The average Bonchev–Trinajstić information content (AvgIpc) is 2.30. The summed E-state index contributed by atoms with van der Waals surface area (Å²) >= 11 is 0. The molecule has 0 aliphatic carbocycles. The number of hydrogen-bond acceptors (Lipinski definition) is 4. The maximum absolute atomic E-state index is 9.78. The van der Waals surface area contributed by atoms with Gasteiger partial charge in [0.05, 0.1) is 0 Å². The highest BCUT2D eigenvalue weighted by atomic mass is 16.4. The Bertz CT molecular complexity index is 380. The molecule has 0 rings (SSSR count). The third kappa shape index (κ3) is 24.2. The van der Waals surface area contributed by atoms with Crippen molar-refractivity contribution in [2.45, 2.75) is 0 Å². The van der Waals surface area contributed by atoms with E-state index in [4.69, 9.17) is 20.4 Å². The summed E-state index contributed by atoms with van der Waals surface area (Å²) in [6, 6.07) is 0. The Labute approximate surface area is 113 Å². The number of aliphatic carboxylic acids is 4. The topological polar surface area (TPSA) is 149 Å². The zero-order valence-corrected chi connectivity index (χ0v) is 10.0. The smallest absolute Gasteiger partial charge is 0.328 e. The number of carboxylic acids is 4. The molecule has 0 aliphatic heterocycles. The van der Waals surface area contributed by atoms with Gasteiger partial charge in [0, 0.05) is 24.3 Å². The average molecular weight is 284 g/mol. The second-order valence-corrected chi connectivity index (χ2v) is 2.79. The summed E-state index contributed by atoms with van der Waals surface area (Å²) < 4.78 is 0. The molecule has 0 aromatic heterocycles. The van der Waals surface area contributed by atoms with E-state index in [1.54, 1.807) is 0 Å². The maximum atomic E-state index is 9.78. The van der Waals surface area contributed by atoms with Gasteiger partial charge >= 0.3 is 23.9 Å². The van der Waals surface area contributed by atoms with E-state index >= 15 is 0 Å². The van der Waals surface area contributed by atoms with Gasteiger partial charge in [0.15, 0.2) is 0 Å². The van der Waals surface area contributed by atoms with Crippen LogP contribution in [0.25, 0.3) is 0 Å². The zero-order valence-electron chi connectivity index (χ0n) is 10.0. The Morgan fingerprint density at radius 2 is 0.600 bits per heavy atom. The quantitative estimate of drug-likeness (QED) is 0.407. The summed E-state index contributed by atoms with van der Waals surface area (Å²) in [5, 5.41) is 32.0. The summed E-state index contributed by atoms with van der Waals surface area (Å²) in [6.45, 7) is 0. The largest absolute Gasteiger partial charge is 0.478 e. The number of hydrogen-bond donors (Lipinski definition) is 4. The molecule has 0 amide bonds. The molecule has 0 unspecified atom stereocenters. The molecule has 0 aliphatic rings. The molecule has 0 saturated heterocycles. The van der Waals surface area contributed by atoms with E-state index in [-0.39, 0.29) is 0 Å². The highest BCUT2D eigenvalue weighted by Crippen LogP contribution is 1.77.